The van der Waals surface area contributed by atoms with Crippen molar-refractivity contribution >= 4 is 5.69 Å². The van der Waals surface area contributed by atoms with Crippen LogP contribution in [0.3, 0.4) is 0 Å². The van der Waals surface area contributed by atoms with Crippen molar-refractivity contribution in [3.05, 3.63) is 47.8 Å². The van der Waals surface area contributed by atoms with Gasteiger partial charge in [0.2, 0.25) is 0 Å². The Morgan fingerprint density at radius 1 is 1.05 bits per heavy atom. The zero-order valence-electron chi connectivity index (χ0n) is 12.0. The second kappa shape index (κ2) is 6.09. The third kappa shape index (κ3) is 3.02. The molecule has 0 bridgehead atoms. The lowest BCUT2D eigenvalue weighted by Crippen LogP contribution is -2.18. The van der Waals surface area contributed by atoms with E-state index in [2.05, 4.69) is 39.6 Å². The normalized spacial score (nSPS) is 14.9. The van der Waals surface area contributed by atoms with E-state index in [-0.39, 0.29) is 0 Å². The first kappa shape index (κ1) is 13.2. The van der Waals surface area contributed by atoms with Crippen LogP contribution in [0.1, 0.15) is 24.1 Å². The minimum atomic E-state index is 0.852. The number of nitrogens with zero attached hydrogens (tertiary/aromatic N) is 3. The van der Waals surface area contributed by atoms with Gasteiger partial charge in [0.05, 0.1) is 5.69 Å². The second-order valence-electron chi connectivity index (χ2n) is 5.41. The minimum absolute atomic E-state index is 0.852. The lowest BCUT2D eigenvalue weighted by atomic mass is 10.2. The van der Waals surface area contributed by atoms with E-state index in [1.807, 2.05) is 24.0 Å². The van der Waals surface area contributed by atoms with Crippen molar-refractivity contribution < 1.29 is 0 Å². The van der Waals surface area contributed by atoms with Gasteiger partial charge in [-0.1, -0.05) is 12.1 Å². The maximum atomic E-state index is 4.17. The fraction of sp³-hybridized carbons (Fsp3) is 0.438. The van der Waals surface area contributed by atoms with Crippen molar-refractivity contribution in [2.45, 2.75) is 25.9 Å². The lowest BCUT2D eigenvalue weighted by Gasteiger charge is -2.17. The first-order valence-electron chi connectivity index (χ1n) is 7.34. The Balaban J connectivity index is 1.52. The van der Waals surface area contributed by atoms with Gasteiger partial charge in [-0.15, -0.1) is 0 Å². The van der Waals surface area contributed by atoms with Gasteiger partial charge in [0.25, 0.3) is 0 Å². The molecule has 4 heteroatoms. The summed E-state index contributed by atoms with van der Waals surface area (Å²) in [6, 6.07) is 11.0. The molecule has 20 heavy (non-hydrogen) atoms. The van der Waals surface area contributed by atoms with Crippen LogP contribution in [0.25, 0.3) is 0 Å². The second-order valence-corrected chi connectivity index (χ2v) is 5.41. The van der Waals surface area contributed by atoms with E-state index in [4.69, 9.17) is 0 Å². The molecule has 106 valence electrons. The Morgan fingerprint density at radius 2 is 1.80 bits per heavy atom. The average molecular weight is 270 g/mol. The van der Waals surface area contributed by atoms with Crippen molar-refractivity contribution in [2.75, 3.05) is 18.0 Å². The number of hydrogen-bond donors (Lipinski definition) is 1. The highest BCUT2D eigenvalue weighted by molar-refractivity contribution is 5.48. The highest BCUT2D eigenvalue weighted by atomic mass is 15.3. The predicted molar refractivity (Wildman–Crippen MR) is 81.6 cm³/mol. The molecule has 0 aliphatic carbocycles. The molecule has 0 amide bonds. The maximum Gasteiger partial charge on any atom is 0.0518 e. The Morgan fingerprint density at radius 3 is 2.45 bits per heavy atom. The van der Waals surface area contributed by atoms with Crippen molar-refractivity contribution in [2.24, 2.45) is 7.05 Å². The smallest absolute Gasteiger partial charge is 0.0518 e. The summed E-state index contributed by atoms with van der Waals surface area (Å²) in [5, 5.41) is 7.63. The number of nitrogens with one attached hydrogen (secondary N) is 1. The van der Waals surface area contributed by atoms with Crippen molar-refractivity contribution in [1.29, 1.82) is 0 Å². The third-order valence-electron chi connectivity index (χ3n) is 3.97. The first-order valence-corrected chi connectivity index (χ1v) is 7.34. The third-order valence-corrected chi connectivity index (χ3v) is 3.97. The summed E-state index contributed by atoms with van der Waals surface area (Å²) in [5.74, 6) is 0. The van der Waals surface area contributed by atoms with E-state index >= 15 is 0 Å². The number of hydrogen-bond acceptors (Lipinski definition) is 3. The molecule has 1 saturated heterocycles. The maximum absolute atomic E-state index is 4.17. The summed E-state index contributed by atoms with van der Waals surface area (Å²) < 4.78 is 1.91. The van der Waals surface area contributed by atoms with Gasteiger partial charge in [0.1, 0.15) is 0 Å². The van der Waals surface area contributed by atoms with Crippen LogP contribution in [0.15, 0.2) is 36.5 Å². The van der Waals surface area contributed by atoms with E-state index in [0.717, 1.165) is 13.1 Å². The summed E-state index contributed by atoms with van der Waals surface area (Å²) in [6.07, 6.45) is 4.49. The van der Waals surface area contributed by atoms with Gasteiger partial charge in [-0.3, -0.25) is 4.68 Å². The standard InChI is InChI=1S/C16H22N4/c1-19-16(8-9-18-19)13-17-12-14-4-6-15(7-5-14)20-10-2-3-11-20/h4-9,17H,2-3,10-13H2,1H3. The molecule has 0 radical (unpaired) electrons. The van der Waals surface area contributed by atoms with Crippen molar-refractivity contribution in [3.63, 3.8) is 0 Å². The van der Waals surface area contributed by atoms with Crippen LogP contribution in [0.4, 0.5) is 5.69 Å². The first-order chi connectivity index (χ1) is 9.83. The minimum Gasteiger partial charge on any atom is -0.372 e. The zero-order chi connectivity index (χ0) is 13.8. The Kier molecular flexibility index (Phi) is 4.02. The predicted octanol–water partition coefficient (Wildman–Crippen LogP) is 2.31. The van der Waals surface area contributed by atoms with Crippen molar-refractivity contribution in [3.8, 4) is 0 Å². The SMILES string of the molecule is Cn1nccc1CNCc1ccc(N2CCCC2)cc1. The molecule has 4 nitrogen and oxygen atoms in total. The molecule has 2 aromatic rings. The number of benzene rings is 1. The molecule has 1 aliphatic rings. The Hall–Kier alpha value is -1.81. The highest BCUT2D eigenvalue weighted by Gasteiger charge is 2.11. The number of anilines is 1. The molecular weight excluding hydrogens is 248 g/mol. The molecule has 1 aliphatic heterocycles. The van der Waals surface area contributed by atoms with Gasteiger partial charge in [-0.05, 0) is 36.6 Å². The van der Waals surface area contributed by atoms with Gasteiger partial charge in [-0.25, -0.2) is 0 Å². The monoisotopic (exact) mass is 270 g/mol. The van der Waals surface area contributed by atoms with E-state index in [1.54, 1.807) is 0 Å². The molecule has 1 fully saturated rings. The van der Waals surface area contributed by atoms with Crippen LogP contribution in [-0.2, 0) is 20.1 Å². The molecule has 1 N–H and O–H groups in total. The van der Waals surface area contributed by atoms with E-state index in [0.29, 0.717) is 0 Å². The van der Waals surface area contributed by atoms with E-state index in [9.17, 15) is 0 Å². The van der Waals surface area contributed by atoms with Gasteiger partial charge in [-0.2, -0.15) is 5.10 Å². The highest BCUT2D eigenvalue weighted by Crippen LogP contribution is 2.20. The fourth-order valence-electron chi connectivity index (χ4n) is 2.71. The molecule has 2 heterocycles. The quantitative estimate of drug-likeness (QED) is 0.905. The molecule has 0 unspecified atom stereocenters. The molecule has 0 atom stereocenters. The summed E-state index contributed by atoms with van der Waals surface area (Å²) >= 11 is 0. The summed E-state index contributed by atoms with van der Waals surface area (Å²) in [4.78, 5) is 2.47. The fourth-order valence-corrected chi connectivity index (χ4v) is 2.71. The van der Waals surface area contributed by atoms with Crippen LogP contribution >= 0.6 is 0 Å². The molecule has 1 aromatic carbocycles. The summed E-state index contributed by atoms with van der Waals surface area (Å²) in [5.41, 5.74) is 3.90. The molecule has 3 rings (SSSR count). The van der Waals surface area contributed by atoms with Gasteiger partial charge in [0, 0.05) is 45.1 Å². The van der Waals surface area contributed by atoms with E-state index < -0.39 is 0 Å². The molecule has 0 spiro atoms. The van der Waals surface area contributed by atoms with Crippen molar-refractivity contribution in [1.82, 2.24) is 15.1 Å². The van der Waals surface area contributed by atoms with Crippen LogP contribution in [0, 0.1) is 0 Å². The number of rotatable bonds is 5. The van der Waals surface area contributed by atoms with Gasteiger partial charge >= 0.3 is 0 Å². The van der Waals surface area contributed by atoms with Crippen LogP contribution in [-0.4, -0.2) is 22.9 Å². The molecular formula is C16H22N4. The summed E-state index contributed by atoms with van der Waals surface area (Å²) in [7, 11) is 1.97. The summed E-state index contributed by atoms with van der Waals surface area (Å²) in [6.45, 7) is 4.16. The molecule has 0 saturated carbocycles. The lowest BCUT2D eigenvalue weighted by molar-refractivity contribution is 0.626. The number of aryl methyl sites for hydroxylation is 1. The van der Waals surface area contributed by atoms with Crippen LogP contribution in [0.2, 0.25) is 0 Å². The topological polar surface area (TPSA) is 33.1 Å². The van der Waals surface area contributed by atoms with Crippen LogP contribution in [0.5, 0.6) is 0 Å². The van der Waals surface area contributed by atoms with Gasteiger partial charge < -0.3 is 10.2 Å². The Labute approximate surface area is 120 Å². The Bertz CT molecular complexity index is 538. The average Bonchev–Trinajstić information content (AvgIpc) is 3.12. The van der Waals surface area contributed by atoms with E-state index in [1.165, 1.54) is 42.9 Å². The zero-order valence-corrected chi connectivity index (χ0v) is 12.0. The largest absolute Gasteiger partial charge is 0.372 e. The van der Waals surface area contributed by atoms with Gasteiger partial charge in [0.15, 0.2) is 0 Å². The van der Waals surface area contributed by atoms with Crippen LogP contribution < -0.4 is 10.2 Å². The molecule has 1 aromatic heterocycles. The number of aromatic nitrogens is 2.